The zero-order valence-corrected chi connectivity index (χ0v) is 13.8. The van der Waals surface area contributed by atoms with E-state index in [1.807, 2.05) is 0 Å². The van der Waals surface area contributed by atoms with E-state index in [0.29, 0.717) is 17.5 Å². The lowest BCUT2D eigenvalue weighted by Crippen LogP contribution is -2.37. The molecule has 1 aromatic rings. The first-order chi connectivity index (χ1) is 9.37. The Balaban J connectivity index is 2.11. The van der Waals surface area contributed by atoms with Gasteiger partial charge in [0, 0.05) is 12.1 Å². The number of hydrogen-bond donors (Lipinski definition) is 1. The molecule has 0 aromatic heterocycles. The van der Waals surface area contributed by atoms with E-state index >= 15 is 0 Å². The minimum absolute atomic E-state index is 0.348. The third-order valence-corrected chi connectivity index (χ3v) is 4.90. The fraction of sp³-hybridized carbons (Fsp3) is 0.684. The van der Waals surface area contributed by atoms with Crippen molar-refractivity contribution >= 4 is 0 Å². The van der Waals surface area contributed by atoms with Gasteiger partial charge in [-0.15, -0.1) is 0 Å². The van der Waals surface area contributed by atoms with Gasteiger partial charge in [0.05, 0.1) is 0 Å². The molecule has 0 bridgehead atoms. The van der Waals surface area contributed by atoms with E-state index in [1.165, 1.54) is 24.8 Å². The zero-order valence-electron chi connectivity index (χ0n) is 13.8. The first kappa shape index (κ1) is 15.6. The summed E-state index contributed by atoms with van der Waals surface area (Å²) in [6.07, 6.45) is 3.89. The Morgan fingerprint density at radius 2 is 1.75 bits per heavy atom. The van der Waals surface area contributed by atoms with Crippen molar-refractivity contribution in [3.8, 4) is 0 Å². The molecule has 1 aliphatic carbocycles. The standard InChI is InChI=1S/C19H31N/c1-14-11-12-17(15(14)2)20-18(13-19(3,4)5)16-9-7-6-8-10-16/h6-10,14-15,17-18,20H,11-13H2,1-5H3. The summed E-state index contributed by atoms with van der Waals surface area (Å²) in [6.45, 7) is 11.8. The van der Waals surface area contributed by atoms with Crippen LogP contribution in [0.4, 0.5) is 0 Å². The van der Waals surface area contributed by atoms with Crippen LogP contribution in [-0.2, 0) is 0 Å². The lowest BCUT2D eigenvalue weighted by molar-refractivity contribution is 0.268. The van der Waals surface area contributed by atoms with E-state index < -0.39 is 0 Å². The van der Waals surface area contributed by atoms with Crippen molar-refractivity contribution in [3.05, 3.63) is 35.9 Å². The lowest BCUT2D eigenvalue weighted by atomic mass is 9.84. The highest BCUT2D eigenvalue weighted by molar-refractivity contribution is 5.19. The second-order valence-electron chi connectivity index (χ2n) is 7.91. The molecule has 20 heavy (non-hydrogen) atoms. The normalized spacial score (nSPS) is 28.6. The largest absolute Gasteiger partial charge is 0.307 e. The average Bonchev–Trinajstić information content (AvgIpc) is 2.69. The third kappa shape index (κ3) is 4.09. The Morgan fingerprint density at radius 1 is 1.10 bits per heavy atom. The van der Waals surface area contributed by atoms with Crippen LogP contribution in [0.1, 0.15) is 65.5 Å². The smallest absolute Gasteiger partial charge is 0.0327 e. The molecule has 112 valence electrons. The molecule has 2 rings (SSSR count). The number of nitrogens with one attached hydrogen (secondary N) is 1. The van der Waals surface area contributed by atoms with Gasteiger partial charge >= 0.3 is 0 Å². The van der Waals surface area contributed by atoms with Crippen molar-refractivity contribution in [3.63, 3.8) is 0 Å². The highest BCUT2D eigenvalue weighted by Crippen LogP contribution is 2.35. The van der Waals surface area contributed by atoms with Crippen LogP contribution < -0.4 is 5.32 Å². The summed E-state index contributed by atoms with van der Waals surface area (Å²) in [5.41, 5.74) is 1.79. The van der Waals surface area contributed by atoms with Gasteiger partial charge in [0.15, 0.2) is 0 Å². The lowest BCUT2D eigenvalue weighted by Gasteiger charge is -2.31. The van der Waals surface area contributed by atoms with Gasteiger partial charge in [-0.1, -0.05) is 65.0 Å². The molecular weight excluding hydrogens is 242 g/mol. The van der Waals surface area contributed by atoms with Gasteiger partial charge in [-0.3, -0.25) is 0 Å². The van der Waals surface area contributed by atoms with Crippen LogP contribution in [0.3, 0.4) is 0 Å². The second-order valence-corrected chi connectivity index (χ2v) is 7.91. The van der Waals surface area contributed by atoms with Gasteiger partial charge < -0.3 is 5.32 Å². The summed E-state index contributed by atoms with van der Waals surface area (Å²) in [7, 11) is 0. The van der Waals surface area contributed by atoms with E-state index in [4.69, 9.17) is 0 Å². The van der Waals surface area contributed by atoms with Crippen molar-refractivity contribution in [2.24, 2.45) is 17.3 Å². The van der Waals surface area contributed by atoms with Gasteiger partial charge in [0.25, 0.3) is 0 Å². The predicted molar refractivity (Wildman–Crippen MR) is 87.7 cm³/mol. The van der Waals surface area contributed by atoms with E-state index in [-0.39, 0.29) is 0 Å². The Labute approximate surface area is 125 Å². The van der Waals surface area contributed by atoms with E-state index in [2.05, 4.69) is 70.3 Å². The Bertz CT molecular complexity index is 404. The summed E-state index contributed by atoms with van der Waals surface area (Å²) in [5, 5.41) is 3.97. The molecule has 0 radical (unpaired) electrons. The third-order valence-electron chi connectivity index (χ3n) is 4.90. The molecule has 4 atom stereocenters. The van der Waals surface area contributed by atoms with E-state index in [9.17, 15) is 0 Å². The first-order valence-electron chi connectivity index (χ1n) is 8.18. The minimum atomic E-state index is 0.348. The monoisotopic (exact) mass is 273 g/mol. The Morgan fingerprint density at radius 3 is 2.25 bits per heavy atom. The summed E-state index contributed by atoms with van der Waals surface area (Å²) in [5.74, 6) is 1.65. The van der Waals surface area contributed by atoms with Crippen molar-refractivity contribution < 1.29 is 0 Å². The Kier molecular flexibility index (Phi) is 4.90. The van der Waals surface area contributed by atoms with Gasteiger partial charge in [0.2, 0.25) is 0 Å². The highest BCUT2D eigenvalue weighted by Gasteiger charge is 2.32. The van der Waals surface area contributed by atoms with Gasteiger partial charge in [-0.2, -0.15) is 0 Å². The molecule has 1 N–H and O–H groups in total. The topological polar surface area (TPSA) is 12.0 Å². The van der Waals surface area contributed by atoms with Crippen LogP contribution in [-0.4, -0.2) is 6.04 Å². The molecule has 4 unspecified atom stereocenters. The highest BCUT2D eigenvalue weighted by atomic mass is 15.0. The van der Waals surface area contributed by atoms with Gasteiger partial charge in [-0.25, -0.2) is 0 Å². The van der Waals surface area contributed by atoms with E-state index in [1.54, 1.807) is 0 Å². The van der Waals surface area contributed by atoms with Crippen molar-refractivity contribution in [1.82, 2.24) is 5.32 Å². The summed E-state index contributed by atoms with van der Waals surface area (Å²) >= 11 is 0. The molecular formula is C19H31N. The quantitative estimate of drug-likeness (QED) is 0.796. The molecule has 1 fully saturated rings. The molecule has 1 heteroatoms. The molecule has 1 nitrogen and oxygen atoms in total. The van der Waals surface area contributed by atoms with Crippen molar-refractivity contribution in [2.45, 2.75) is 66.0 Å². The molecule has 0 heterocycles. The summed E-state index contributed by atoms with van der Waals surface area (Å²) in [6, 6.07) is 12.1. The summed E-state index contributed by atoms with van der Waals surface area (Å²) in [4.78, 5) is 0. The van der Waals surface area contributed by atoms with Crippen LogP contribution in [0.25, 0.3) is 0 Å². The molecule has 0 saturated heterocycles. The number of rotatable bonds is 4. The van der Waals surface area contributed by atoms with Crippen LogP contribution >= 0.6 is 0 Å². The molecule has 1 aromatic carbocycles. The van der Waals surface area contributed by atoms with Crippen LogP contribution in [0, 0.1) is 17.3 Å². The average molecular weight is 273 g/mol. The second kappa shape index (κ2) is 6.30. The molecule has 0 aliphatic heterocycles. The molecule has 0 amide bonds. The number of hydrogen-bond acceptors (Lipinski definition) is 1. The Hall–Kier alpha value is -0.820. The summed E-state index contributed by atoms with van der Waals surface area (Å²) < 4.78 is 0. The zero-order chi connectivity index (χ0) is 14.8. The van der Waals surface area contributed by atoms with Crippen LogP contribution in [0.15, 0.2) is 30.3 Å². The van der Waals surface area contributed by atoms with Crippen LogP contribution in [0.2, 0.25) is 0 Å². The maximum atomic E-state index is 3.97. The van der Waals surface area contributed by atoms with Crippen molar-refractivity contribution in [2.75, 3.05) is 0 Å². The predicted octanol–water partition coefficient (Wildman–Crippen LogP) is 5.19. The SMILES string of the molecule is CC1CCC(NC(CC(C)(C)C)c2ccccc2)C1C. The minimum Gasteiger partial charge on any atom is -0.307 e. The molecule has 1 saturated carbocycles. The fourth-order valence-corrected chi connectivity index (χ4v) is 3.43. The van der Waals surface area contributed by atoms with E-state index in [0.717, 1.165) is 11.8 Å². The molecule has 1 aliphatic rings. The van der Waals surface area contributed by atoms with Gasteiger partial charge in [-0.05, 0) is 42.1 Å². The van der Waals surface area contributed by atoms with Crippen LogP contribution in [0.5, 0.6) is 0 Å². The van der Waals surface area contributed by atoms with Crippen molar-refractivity contribution in [1.29, 1.82) is 0 Å². The molecule has 0 spiro atoms. The first-order valence-corrected chi connectivity index (χ1v) is 8.18. The number of benzene rings is 1. The fourth-order valence-electron chi connectivity index (χ4n) is 3.43. The maximum absolute atomic E-state index is 3.97. The van der Waals surface area contributed by atoms with Gasteiger partial charge in [0.1, 0.15) is 0 Å². The maximum Gasteiger partial charge on any atom is 0.0327 e.